The molecule has 0 saturated heterocycles. The molecule has 0 fully saturated rings. The summed E-state index contributed by atoms with van der Waals surface area (Å²) in [5, 5.41) is 0. The quantitative estimate of drug-likeness (QED) is 0.132. The Morgan fingerprint density at radius 1 is 0.299 bits per heavy atom. The lowest BCUT2D eigenvalue weighted by molar-refractivity contribution is 0.660. The number of benzene rings is 10. The largest absolute Gasteiger partial charge is 0.310 e. The maximum absolute atomic E-state index is 2.54. The van der Waals surface area contributed by atoms with Gasteiger partial charge in [-0.3, -0.25) is 0 Å². The Balaban J connectivity index is 1.04. The Kier molecular flexibility index (Phi) is 9.95. The maximum atomic E-state index is 2.54. The summed E-state index contributed by atoms with van der Waals surface area (Å²) in [6.07, 6.45) is 1.69. The van der Waals surface area contributed by atoms with Gasteiger partial charge < -0.3 is 4.90 Å². The predicted octanol–water partition coefficient (Wildman–Crippen LogP) is 16.7. The van der Waals surface area contributed by atoms with Gasteiger partial charge in [0.1, 0.15) is 0 Å². The molecule has 0 heterocycles. The van der Waals surface area contributed by atoms with Gasteiger partial charge in [-0.25, -0.2) is 0 Å². The van der Waals surface area contributed by atoms with Gasteiger partial charge in [0, 0.05) is 22.5 Å². The van der Waals surface area contributed by atoms with E-state index in [4.69, 9.17) is 0 Å². The summed E-state index contributed by atoms with van der Waals surface area (Å²) in [5.74, 6) is 0. The Bertz CT molecular complexity index is 3370. The smallest absolute Gasteiger partial charge is 0.0713 e. The SMILES string of the molecule is CC1(C)c2ccccc2-c2ccc(N(c3ccccc3)c3ccc(C4(c5ccc(-c6ccccc6Cc6ccccc6)c(Cc6ccccc6)c5)c5ccccc5-c5ccccc54)cc3)cc21. The van der Waals surface area contributed by atoms with Crippen LogP contribution in [0.5, 0.6) is 0 Å². The number of para-hydroxylation sites is 1. The second kappa shape index (κ2) is 16.5. The summed E-state index contributed by atoms with van der Waals surface area (Å²) in [6, 6.07) is 92.7. The van der Waals surface area contributed by atoms with Gasteiger partial charge in [-0.1, -0.05) is 226 Å². The van der Waals surface area contributed by atoms with Gasteiger partial charge >= 0.3 is 0 Å². The molecule has 0 aromatic heterocycles. The van der Waals surface area contributed by atoms with E-state index in [2.05, 4.69) is 267 Å². The van der Waals surface area contributed by atoms with Crippen molar-refractivity contribution in [3.8, 4) is 33.4 Å². The molecule has 0 amide bonds. The molecule has 1 nitrogen and oxygen atoms in total. The molecule has 0 atom stereocenters. The number of hydrogen-bond acceptors (Lipinski definition) is 1. The van der Waals surface area contributed by atoms with E-state index in [-0.39, 0.29) is 5.41 Å². The Hall–Kier alpha value is -8.00. The van der Waals surface area contributed by atoms with Crippen LogP contribution in [0.3, 0.4) is 0 Å². The van der Waals surface area contributed by atoms with Crippen molar-refractivity contribution in [2.45, 2.75) is 37.5 Å². The van der Waals surface area contributed by atoms with Gasteiger partial charge in [-0.2, -0.15) is 0 Å². The standard InChI is InChI=1S/C66H51N/c1-65(2)61-31-17-14-28-57(61)60-41-39-54(45-64(60)65)67(52-25-10-5-11-26-52)53-37-34-50(35-38-53)66(62-32-18-15-29-58(62)59-30-16-19-33-63(59)66)51-36-40-56(49(44-51)43-47-22-8-4-9-23-47)55-27-13-12-24-48(55)42-46-20-6-3-7-21-46/h3-41,44-45H,42-43H2,1-2H3. The van der Waals surface area contributed by atoms with E-state index in [0.717, 1.165) is 29.9 Å². The zero-order valence-electron chi connectivity index (χ0n) is 38.0. The minimum atomic E-state index is -0.569. The van der Waals surface area contributed by atoms with Crippen LogP contribution in [0.4, 0.5) is 17.1 Å². The van der Waals surface area contributed by atoms with Gasteiger partial charge in [0.05, 0.1) is 5.41 Å². The molecule has 1 heteroatoms. The maximum Gasteiger partial charge on any atom is 0.0713 e. The Labute approximate surface area is 395 Å². The number of rotatable bonds is 10. The number of fused-ring (bicyclic) bond motifs is 6. The lowest BCUT2D eigenvalue weighted by Gasteiger charge is -2.35. The van der Waals surface area contributed by atoms with Gasteiger partial charge in [0.15, 0.2) is 0 Å². The summed E-state index contributed by atoms with van der Waals surface area (Å²) >= 11 is 0. The fraction of sp³-hybridized carbons (Fsp3) is 0.0909. The van der Waals surface area contributed by atoms with E-state index in [1.54, 1.807) is 0 Å². The van der Waals surface area contributed by atoms with Crippen molar-refractivity contribution in [3.05, 3.63) is 304 Å². The average Bonchev–Trinajstić information content (AvgIpc) is 3.81. The van der Waals surface area contributed by atoms with E-state index in [0.29, 0.717) is 0 Å². The highest BCUT2D eigenvalue weighted by Crippen LogP contribution is 2.57. The van der Waals surface area contributed by atoms with Crippen LogP contribution in [0.1, 0.15) is 69.5 Å². The predicted molar refractivity (Wildman–Crippen MR) is 280 cm³/mol. The summed E-state index contributed by atoms with van der Waals surface area (Å²) in [6.45, 7) is 4.72. The van der Waals surface area contributed by atoms with Crippen LogP contribution in [0.25, 0.3) is 33.4 Å². The number of nitrogens with zero attached hydrogens (tertiary/aromatic N) is 1. The average molecular weight is 858 g/mol. The van der Waals surface area contributed by atoms with Crippen LogP contribution in [-0.4, -0.2) is 0 Å². The van der Waals surface area contributed by atoms with E-state index in [1.807, 2.05) is 0 Å². The normalized spacial score (nSPS) is 13.6. The first-order chi connectivity index (χ1) is 33.0. The molecular formula is C66H51N. The van der Waals surface area contributed by atoms with E-state index >= 15 is 0 Å². The molecule has 2 aliphatic rings. The molecule has 0 aliphatic heterocycles. The van der Waals surface area contributed by atoms with Crippen LogP contribution >= 0.6 is 0 Å². The lowest BCUT2D eigenvalue weighted by Crippen LogP contribution is -2.29. The third-order valence-electron chi connectivity index (χ3n) is 14.7. The highest BCUT2D eigenvalue weighted by atomic mass is 15.1. The van der Waals surface area contributed by atoms with Gasteiger partial charge in [-0.05, 0) is 138 Å². The van der Waals surface area contributed by atoms with Crippen LogP contribution in [0, 0.1) is 0 Å². The first-order valence-corrected chi connectivity index (χ1v) is 23.7. The highest BCUT2D eigenvalue weighted by Gasteiger charge is 2.46. The third kappa shape index (κ3) is 6.76. The van der Waals surface area contributed by atoms with E-state index in [9.17, 15) is 0 Å². The van der Waals surface area contributed by atoms with Crippen LogP contribution < -0.4 is 4.90 Å². The zero-order chi connectivity index (χ0) is 45.0. The lowest BCUT2D eigenvalue weighted by atomic mass is 9.67. The molecular weight excluding hydrogens is 807 g/mol. The van der Waals surface area contributed by atoms with Crippen LogP contribution in [0.2, 0.25) is 0 Å². The molecule has 0 N–H and O–H groups in total. The van der Waals surface area contributed by atoms with Gasteiger partial charge in [-0.15, -0.1) is 0 Å². The summed E-state index contributed by atoms with van der Waals surface area (Å²) in [7, 11) is 0. The van der Waals surface area contributed by atoms with Crippen LogP contribution in [-0.2, 0) is 23.7 Å². The highest BCUT2D eigenvalue weighted by molar-refractivity contribution is 5.89. The molecule has 12 rings (SSSR count). The number of anilines is 3. The Morgan fingerprint density at radius 2 is 0.716 bits per heavy atom. The summed E-state index contributed by atoms with van der Waals surface area (Å²) < 4.78 is 0. The molecule has 0 radical (unpaired) electrons. The van der Waals surface area contributed by atoms with Crippen molar-refractivity contribution in [1.29, 1.82) is 0 Å². The van der Waals surface area contributed by atoms with Crippen molar-refractivity contribution in [2.24, 2.45) is 0 Å². The van der Waals surface area contributed by atoms with Crippen molar-refractivity contribution in [2.75, 3.05) is 4.90 Å². The molecule has 320 valence electrons. The summed E-state index contributed by atoms with van der Waals surface area (Å²) in [5.41, 5.74) is 23.7. The van der Waals surface area contributed by atoms with Gasteiger partial charge in [0.2, 0.25) is 0 Å². The molecule has 0 bridgehead atoms. The minimum Gasteiger partial charge on any atom is -0.310 e. The zero-order valence-corrected chi connectivity index (χ0v) is 38.0. The molecule has 0 saturated carbocycles. The first kappa shape index (κ1) is 40.5. The Morgan fingerprint density at radius 3 is 1.34 bits per heavy atom. The minimum absolute atomic E-state index is 0.108. The third-order valence-corrected chi connectivity index (χ3v) is 14.7. The molecule has 2 aliphatic carbocycles. The molecule has 10 aromatic carbocycles. The fourth-order valence-corrected chi connectivity index (χ4v) is 11.5. The molecule has 0 spiro atoms. The van der Waals surface area contributed by atoms with Crippen molar-refractivity contribution in [1.82, 2.24) is 0 Å². The molecule has 10 aromatic rings. The first-order valence-electron chi connectivity index (χ1n) is 23.7. The van der Waals surface area contributed by atoms with Gasteiger partial charge in [0.25, 0.3) is 0 Å². The second-order valence-electron chi connectivity index (χ2n) is 18.8. The monoisotopic (exact) mass is 857 g/mol. The number of hydrogen-bond donors (Lipinski definition) is 0. The molecule has 0 unspecified atom stereocenters. The van der Waals surface area contributed by atoms with E-state index in [1.165, 1.54) is 89.0 Å². The van der Waals surface area contributed by atoms with Crippen molar-refractivity contribution in [3.63, 3.8) is 0 Å². The fourth-order valence-electron chi connectivity index (χ4n) is 11.5. The molecule has 67 heavy (non-hydrogen) atoms. The topological polar surface area (TPSA) is 3.24 Å². The summed E-state index contributed by atoms with van der Waals surface area (Å²) in [4.78, 5) is 2.42. The second-order valence-corrected chi connectivity index (χ2v) is 18.8. The van der Waals surface area contributed by atoms with Crippen molar-refractivity contribution < 1.29 is 0 Å². The van der Waals surface area contributed by atoms with E-state index < -0.39 is 5.41 Å². The van der Waals surface area contributed by atoms with Crippen molar-refractivity contribution >= 4 is 17.1 Å². The van der Waals surface area contributed by atoms with Crippen LogP contribution in [0.15, 0.2) is 249 Å².